The molecule has 0 fully saturated rings. The summed E-state index contributed by atoms with van der Waals surface area (Å²) in [6.07, 6.45) is 0. The highest BCUT2D eigenvalue weighted by molar-refractivity contribution is 7.89. The number of hydrogen-bond donors (Lipinski definition) is 1. The SMILES string of the molecule is COCCN(C)S(=O)(=O)c1cc(Cl)cc(C(=O)O)c1F. The van der Waals surface area contributed by atoms with Gasteiger partial charge in [0.2, 0.25) is 10.0 Å². The van der Waals surface area contributed by atoms with Crippen molar-refractivity contribution in [1.29, 1.82) is 0 Å². The van der Waals surface area contributed by atoms with Crippen LogP contribution in [0, 0.1) is 5.82 Å². The van der Waals surface area contributed by atoms with Crippen LogP contribution in [-0.4, -0.2) is 51.1 Å². The van der Waals surface area contributed by atoms with Crippen LogP contribution in [0.4, 0.5) is 4.39 Å². The van der Waals surface area contributed by atoms with Crippen LogP contribution < -0.4 is 0 Å². The number of methoxy groups -OCH3 is 1. The summed E-state index contributed by atoms with van der Waals surface area (Å²) in [5.41, 5.74) is -0.795. The van der Waals surface area contributed by atoms with E-state index in [1.807, 2.05) is 0 Å². The normalized spacial score (nSPS) is 11.8. The molecule has 0 aliphatic heterocycles. The third-order valence-electron chi connectivity index (χ3n) is 2.53. The lowest BCUT2D eigenvalue weighted by Crippen LogP contribution is -2.31. The van der Waals surface area contributed by atoms with Gasteiger partial charge in [-0.2, -0.15) is 4.31 Å². The fraction of sp³-hybridized carbons (Fsp3) is 0.364. The minimum Gasteiger partial charge on any atom is -0.478 e. The molecule has 112 valence electrons. The molecule has 6 nitrogen and oxygen atoms in total. The molecule has 0 aliphatic rings. The summed E-state index contributed by atoms with van der Waals surface area (Å²) in [6, 6.07) is 1.73. The number of carboxylic acid groups (broad SMARTS) is 1. The van der Waals surface area contributed by atoms with Gasteiger partial charge in [-0.3, -0.25) is 0 Å². The fourth-order valence-corrected chi connectivity index (χ4v) is 2.96. The second-order valence-corrected chi connectivity index (χ2v) is 6.34. The second kappa shape index (κ2) is 6.49. The van der Waals surface area contributed by atoms with E-state index in [4.69, 9.17) is 21.4 Å². The number of rotatable bonds is 6. The summed E-state index contributed by atoms with van der Waals surface area (Å²) >= 11 is 5.64. The lowest BCUT2D eigenvalue weighted by molar-refractivity contribution is 0.0691. The first-order valence-corrected chi connectivity index (χ1v) is 7.21. The summed E-state index contributed by atoms with van der Waals surface area (Å²) in [6.45, 7) is 0.108. The summed E-state index contributed by atoms with van der Waals surface area (Å²) in [5.74, 6) is -2.94. The van der Waals surface area contributed by atoms with Gasteiger partial charge in [-0.25, -0.2) is 17.6 Å². The van der Waals surface area contributed by atoms with Gasteiger partial charge >= 0.3 is 5.97 Å². The molecule has 0 bridgehead atoms. The Bertz CT molecular complexity index is 619. The Morgan fingerprint density at radius 1 is 1.50 bits per heavy atom. The lowest BCUT2D eigenvalue weighted by atomic mass is 10.2. The minimum atomic E-state index is -4.19. The molecular weight excluding hydrogens is 313 g/mol. The number of aromatic carboxylic acids is 1. The molecule has 9 heteroatoms. The number of ether oxygens (including phenoxy) is 1. The Hall–Kier alpha value is -1.22. The molecular formula is C11H13ClFNO5S. The van der Waals surface area contributed by atoms with Crippen molar-refractivity contribution in [2.24, 2.45) is 0 Å². The number of likely N-dealkylation sites (N-methyl/N-ethyl adjacent to an activating group) is 1. The monoisotopic (exact) mass is 325 g/mol. The smallest absolute Gasteiger partial charge is 0.338 e. The number of benzene rings is 1. The van der Waals surface area contributed by atoms with Crippen molar-refractivity contribution in [2.45, 2.75) is 4.90 Å². The van der Waals surface area contributed by atoms with Crippen LogP contribution in [-0.2, 0) is 14.8 Å². The van der Waals surface area contributed by atoms with Gasteiger partial charge in [0, 0.05) is 25.7 Å². The highest BCUT2D eigenvalue weighted by Gasteiger charge is 2.28. The Morgan fingerprint density at radius 3 is 2.60 bits per heavy atom. The molecule has 1 N–H and O–H groups in total. The van der Waals surface area contributed by atoms with Gasteiger partial charge in [-0.1, -0.05) is 11.6 Å². The average Bonchev–Trinajstić information content (AvgIpc) is 2.37. The zero-order valence-electron chi connectivity index (χ0n) is 10.8. The van der Waals surface area contributed by atoms with Gasteiger partial charge in [0.1, 0.15) is 4.90 Å². The summed E-state index contributed by atoms with van der Waals surface area (Å²) in [5, 5.41) is 8.66. The highest BCUT2D eigenvalue weighted by atomic mass is 35.5. The number of sulfonamides is 1. The van der Waals surface area contributed by atoms with Crippen LogP contribution in [0.1, 0.15) is 10.4 Å². The van der Waals surface area contributed by atoms with Gasteiger partial charge in [-0.05, 0) is 12.1 Å². The molecule has 0 amide bonds. The van der Waals surface area contributed by atoms with Gasteiger partial charge in [0.05, 0.1) is 12.2 Å². The van der Waals surface area contributed by atoms with E-state index < -0.39 is 32.3 Å². The molecule has 1 rings (SSSR count). The lowest BCUT2D eigenvalue weighted by Gasteiger charge is -2.17. The molecule has 0 aromatic heterocycles. The van der Waals surface area contributed by atoms with Gasteiger partial charge in [-0.15, -0.1) is 0 Å². The number of nitrogens with zero attached hydrogens (tertiary/aromatic N) is 1. The van der Waals surface area contributed by atoms with Crippen molar-refractivity contribution in [3.63, 3.8) is 0 Å². The van der Waals surface area contributed by atoms with E-state index in [9.17, 15) is 17.6 Å². The van der Waals surface area contributed by atoms with Crippen molar-refractivity contribution < 1.29 is 27.4 Å². The maximum absolute atomic E-state index is 14.0. The van der Waals surface area contributed by atoms with E-state index in [2.05, 4.69) is 0 Å². The van der Waals surface area contributed by atoms with Crippen molar-refractivity contribution in [2.75, 3.05) is 27.3 Å². The largest absolute Gasteiger partial charge is 0.478 e. The van der Waals surface area contributed by atoms with Crippen molar-refractivity contribution in [3.05, 3.63) is 28.5 Å². The van der Waals surface area contributed by atoms with E-state index >= 15 is 0 Å². The Morgan fingerprint density at radius 2 is 2.10 bits per heavy atom. The molecule has 0 saturated heterocycles. The maximum Gasteiger partial charge on any atom is 0.338 e. The zero-order valence-corrected chi connectivity index (χ0v) is 12.3. The highest BCUT2D eigenvalue weighted by Crippen LogP contribution is 2.25. The molecule has 0 spiro atoms. The summed E-state index contributed by atoms with van der Waals surface area (Å²) < 4.78 is 43.9. The topological polar surface area (TPSA) is 83.9 Å². The summed E-state index contributed by atoms with van der Waals surface area (Å²) in [4.78, 5) is 10.1. The zero-order chi connectivity index (χ0) is 15.5. The van der Waals surface area contributed by atoms with Crippen LogP contribution in [0.15, 0.2) is 17.0 Å². The first-order chi connectivity index (χ1) is 9.21. The molecule has 0 heterocycles. The van der Waals surface area contributed by atoms with Gasteiger partial charge < -0.3 is 9.84 Å². The third-order valence-corrected chi connectivity index (χ3v) is 4.61. The number of carbonyl (C=O) groups is 1. The predicted octanol–water partition coefficient (Wildman–Crippen LogP) is 1.44. The molecule has 0 saturated carbocycles. The minimum absolute atomic E-state index is 0.00675. The van der Waals surface area contributed by atoms with E-state index in [1.54, 1.807) is 0 Å². The molecule has 1 aromatic carbocycles. The quantitative estimate of drug-likeness (QED) is 0.855. The molecule has 0 atom stereocenters. The molecule has 20 heavy (non-hydrogen) atoms. The molecule has 0 unspecified atom stereocenters. The first-order valence-electron chi connectivity index (χ1n) is 5.39. The fourth-order valence-electron chi connectivity index (χ4n) is 1.42. The van der Waals surface area contributed by atoms with Crippen LogP contribution in [0.5, 0.6) is 0 Å². The van der Waals surface area contributed by atoms with E-state index in [-0.39, 0.29) is 18.2 Å². The van der Waals surface area contributed by atoms with Crippen LogP contribution in [0.3, 0.4) is 0 Å². The first kappa shape index (κ1) is 16.8. The van der Waals surface area contributed by atoms with E-state index in [0.29, 0.717) is 0 Å². The van der Waals surface area contributed by atoms with Crippen molar-refractivity contribution >= 4 is 27.6 Å². The Balaban J connectivity index is 3.35. The maximum atomic E-state index is 14.0. The Kier molecular flexibility index (Phi) is 5.46. The van der Waals surface area contributed by atoms with E-state index in [1.165, 1.54) is 14.2 Å². The molecule has 1 aromatic rings. The van der Waals surface area contributed by atoms with Crippen LogP contribution in [0.2, 0.25) is 5.02 Å². The molecule has 0 aliphatic carbocycles. The molecule has 0 radical (unpaired) electrons. The van der Waals surface area contributed by atoms with Crippen molar-refractivity contribution in [1.82, 2.24) is 4.31 Å². The van der Waals surface area contributed by atoms with E-state index in [0.717, 1.165) is 16.4 Å². The van der Waals surface area contributed by atoms with Crippen molar-refractivity contribution in [3.8, 4) is 0 Å². The standard InChI is InChI=1S/C11H13ClFNO5S/c1-14(3-4-19-2)20(17,18)9-6-7(12)5-8(10(9)13)11(15)16/h5-6H,3-4H2,1-2H3,(H,15,16). The average molecular weight is 326 g/mol. The predicted molar refractivity (Wildman–Crippen MR) is 70.1 cm³/mol. The summed E-state index contributed by atoms with van der Waals surface area (Å²) in [7, 11) is -1.57. The van der Waals surface area contributed by atoms with Gasteiger partial charge in [0.15, 0.2) is 5.82 Å². The van der Waals surface area contributed by atoms with Crippen LogP contribution in [0.25, 0.3) is 0 Å². The third kappa shape index (κ3) is 3.45. The number of carboxylic acids is 1. The number of hydrogen-bond acceptors (Lipinski definition) is 4. The van der Waals surface area contributed by atoms with Crippen LogP contribution >= 0.6 is 11.6 Å². The Labute approximate surface area is 120 Å². The number of halogens is 2. The van der Waals surface area contributed by atoms with Gasteiger partial charge in [0.25, 0.3) is 0 Å². The second-order valence-electron chi connectivity index (χ2n) is 3.89.